The number of pyridine rings is 1. The molecule has 1 fully saturated rings. The van der Waals surface area contributed by atoms with Crippen LogP contribution in [0.2, 0.25) is 5.02 Å². The third-order valence-corrected chi connectivity index (χ3v) is 4.44. The molecule has 2 heterocycles. The van der Waals surface area contributed by atoms with Crippen molar-refractivity contribution in [2.24, 2.45) is 0 Å². The molecule has 1 aromatic heterocycles. The lowest BCUT2D eigenvalue weighted by molar-refractivity contribution is -0.156. The fourth-order valence-electron chi connectivity index (χ4n) is 2.76. The van der Waals surface area contributed by atoms with Gasteiger partial charge in [0.05, 0.1) is 13.1 Å². The molecule has 0 saturated carbocycles. The van der Waals surface area contributed by atoms with Crippen molar-refractivity contribution in [1.29, 1.82) is 0 Å². The van der Waals surface area contributed by atoms with E-state index in [2.05, 4.69) is 4.98 Å². The Bertz CT molecular complexity index is 850. The second-order valence-electron chi connectivity index (χ2n) is 6.87. The Hall–Kier alpha value is -2.48. The summed E-state index contributed by atoms with van der Waals surface area (Å²) in [7, 11) is 0. The Morgan fingerprint density at radius 3 is 2.43 bits per heavy atom. The van der Waals surface area contributed by atoms with E-state index < -0.39 is 29.3 Å². The van der Waals surface area contributed by atoms with E-state index in [9.17, 15) is 18.0 Å². The standard InChI is InChI=1S/C19H18ClF3N2O3/c1-18(2,28-13-7-5-12(20)6-8-13)17(26)25-10-14(11-25)27-16-15(19(21,22)23)4-3-9-24-16/h3-9,14H,10-11H2,1-2H3. The molecule has 9 heteroatoms. The van der Waals surface area contributed by atoms with E-state index in [0.717, 1.165) is 6.07 Å². The lowest BCUT2D eigenvalue weighted by Crippen LogP contribution is -2.61. The molecule has 0 atom stereocenters. The third kappa shape index (κ3) is 4.49. The van der Waals surface area contributed by atoms with Gasteiger partial charge in [-0.25, -0.2) is 4.98 Å². The average Bonchev–Trinajstić information content (AvgIpc) is 2.58. The summed E-state index contributed by atoms with van der Waals surface area (Å²) < 4.78 is 50.1. The minimum absolute atomic E-state index is 0.153. The zero-order valence-corrected chi connectivity index (χ0v) is 15.9. The number of carbonyl (C=O) groups is 1. The Balaban J connectivity index is 1.59. The number of amides is 1. The zero-order valence-electron chi connectivity index (χ0n) is 15.2. The van der Waals surface area contributed by atoms with Crippen LogP contribution >= 0.6 is 11.6 Å². The molecule has 1 aliphatic rings. The van der Waals surface area contributed by atoms with Gasteiger partial charge in [0, 0.05) is 11.2 Å². The maximum Gasteiger partial charge on any atom is 0.421 e. The number of halogens is 4. The Morgan fingerprint density at radius 2 is 1.82 bits per heavy atom. The summed E-state index contributed by atoms with van der Waals surface area (Å²) in [6.07, 6.45) is -3.89. The van der Waals surface area contributed by atoms with Crippen LogP contribution in [0.1, 0.15) is 19.4 Å². The second kappa shape index (κ2) is 7.50. The van der Waals surface area contributed by atoms with Gasteiger partial charge >= 0.3 is 6.18 Å². The number of hydrogen-bond acceptors (Lipinski definition) is 4. The van der Waals surface area contributed by atoms with E-state index in [0.29, 0.717) is 10.8 Å². The predicted molar refractivity (Wildman–Crippen MR) is 96.4 cm³/mol. The highest BCUT2D eigenvalue weighted by Crippen LogP contribution is 2.35. The summed E-state index contributed by atoms with van der Waals surface area (Å²) in [6.45, 7) is 3.55. The fourth-order valence-corrected chi connectivity index (χ4v) is 2.88. The normalized spacial score (nSPS) is 15.1. The molecule has 0 aliphatic carbocycles. The van der Waals surface area contributed by atoms with Crippen LogP contribution in [0.4, 0.5) is 13.2 Å². The van der Waals surface area contributed by atoms with Crippen molar-refractivity contribution in [3.05, 3.63) is 53.2 Å². The van der Waals surface area contributed by atoms with E-state index in [1.165, 1.54) is 17.2 Å². The van der Waals surface area contributed by atoms with Crippen molar-refractivity contribution in [3.8, 4) is 11.6 Å². The number of rotatable bonds is 5. The van der Waals surface area contributed by atoms with Gasteiger partial charge in [-0.15, -0.1) is 0 Å². The maximum absolute atomic E-state index is 13.0. The monoisotopic (exact) mass is 414 g/mol. The first-order valence-corrected chi connectivity index (χ1v) is 8.87. The van der Waals surface area contributed by atoms with Gasteiger partial charge in [-0.2, -0.15) is 13.2 Å². The molecule has 1 aromatic carbocycles. The molecule has 0 N–H and O–H groups in total. The van der Waals surface area contributed by atoms with Crippen molar-refractivity contribution in [2.45, 2.75) is 31.7 Å². The smallest absolute Gasteiger partial charge is 0.421 e. The van der Waals surface area contributed by atoms with E-state index in [-0.39, 0.29) is 19.0 Å². The second-order valence-corrected chi connectivity index (χ2v) is 7.31. The van der Waals surface area contributed by atoms with Gasteiger partial charge in [0.25, 0.3) is 5.91 Å². The van der Waals surface area contributed by atoms with Crippen LogP contribution in [0, 0.1) is 0 Å². The van der Waals surface area contributed by atoms with Crippen LogP contribution in [0.25, 0.3) is 0 Å². The third-order valence-electron chi connectivity index (χ3n) is 4.19. The van der Waals surface area contributed by atoms with Crippen LogP contribution in [0.3, 0.4) is 0 Å². The average molecular weight is 415 g/mol. The molecule has 3 rings (SSSR count). The van der Waals surface area contributed by atoms with Gasteiger partial charge in [-0.3, -0.25) is 4.79 Å². The number of nitrogens with zero attached hydrogens (tertiary/aromatic N) is 2. The molecule has 0 spiro atoms. The van der Waals surface area contributed by atoms with Crippen molar-refractivity contribution in [2.75, 3.05) is 13.1 Å². The Labute approximate surface area is 165 Å². The van der Waals surface area contributed by atoms with E-state index in [1.807, 2.05) is 0 Å². The minimum atomic E-state index is -4.56. The molecule has 0 bridgehead atoms. The van der Waals surface area contributed by atoms with Crippen LogP contribution in [-0.2, 0) is 11.0 Å². The first kappa shape index (κ1) is 20.3. The molecular weight excluding hydrogens is 397 g/mol. The zero-order chi connectivity index (χ0) is 20.5. The molecule has 5 nitrogen and oxygen atoms in total. The highest BCUT2D eigenvalue weighted by Gasteiger charge is 2.43. The van der Waals surface area contributed by atoms with Crippen LogP contribution in [0.5, 0.6) is 11.6 Å². The number of benzene rings is 1. The first-order chi connectivity index (χ1) is 13.1. The van der Waals surface area contributed by atoms with E-state index in [4.69, 9.17) is 21.1 Å². The molecule has 0 unspecified atom stereocenters. The van der Waals surface area contributed by atoms with Gasteiger partial charge < -0.3 is 14.4 Å². The number of likely N-dealkylation sites (tertiary alicyclic amines) is 1. The summed E-state index contributed by atoms with van der Waals surface area (Å²) in [6, 6.07) is 8.71. The van der Waals surface area contributed by atoms with Crippen LogP contribution < -0.4 is 9.47 Å². The SMILES string of the molecule is CC(C)(Oc1ccc(Cl)cc1)C(=O)N1CC(Oc2ncccc2C(F)(F)F)C1. The summed E-state index contributed by atoms with van der Waals surface area (Å²) >= 11 is 5.83. The number of aromatic nitrogens is 1. The van der Waals surface area contributed by atoms with Crippen LogP contribution in [-0.4, -0.2) is 40.6 Å². The van der Waals surface area contributed by atoms with E-state index in [1.54, 1.807) is 38.1 Å². The lowest BCUT2D eigenvalue weighted by Gasteiger charge is -2.42. The van der Waals surface area contributed by atoms with Gasteiger partial charge in [-0.1, -0.05) is 11.6 Å². The highest BCUT2D eigenvalue weighted by atomic mass is 35.5. The summed E-state index contributed by atoms with van der Waals surface area (Å²) in [5, 5.41) is 0.548. The molecule has 1 saturated heterocycles. The molecule has 150 valence electrons. The van der Waals surface area contributed by atoms with Gasteiger partial charge in [0.2, 0.25) is 5.88 Å². The number of ether oxygens (including phenoxy) is 2. The topological polar surface area (TPSA) is 51.7 Å². The lowest BCUT2D eigenvalue weighted by atomic mass is 10.0. The molecule has 1 aliphatic heterocycles. The molecule has 2 aromatic rings. The van der Waals surface area contributed by atoms with Crippen molar-refractivity contribution in [3.63, 3.8) is 0 Å². The van der Waals surface area contributed by atoms with Gasteiger partial charge in [-0.05, 0) is 50.2 Å². The summed E-state index contributed by atoms with van der Waals surface area (Å²) in [5.41, 5.74) is -2.09. The quantitative estimate of drug-likeness (QED) is 0.735. The van der Waals surface area contributed by atoms with Crippen LogP contribution in [0.15, 0.2) is 42.6 Å². The molecular formula is C19H18ClF3N2O3. The largest absolute Gasteiger partial charge is 0.478 e. The number of alkyl halides is 3. The molecule has 28 heavy (non-hydrogen) atoms. The fraction of sp³-hybridized carbons (Fsp3) is 0.368. The van der Waals surface area contributed by atoms with Gasteiger partial charge in [0.15, 0.2) is 5.60 Å². The van der Waals surface area contributed by atoms with E-state index >= 15 is 0 Å². The van der Waals surface area contributed by atoms with Crippen molar-refractivity contribution < 1.29 is 27.4 Å². The minimum Gasteiger partial charge on any atom is -0.478 e. The number of hydrogen-bond donors (Lipinski definition) is 0. The van der Waals surface area contributed by atoms with Gasteiger partial charge in [0.1, 0.15) is 17.4 Å². The molecule has 0 radical (unpaired) electrons. The first-order valence-electron chi connectivity index (χ1n) is 8.49. The maximum atomic E-state index is 13.0. The summed E-state index contributed by atoms with van der Waals surface area (Å²) in [5.74, 6) is -0.289. The molecule has 1 amide bonds. The number of carbonyl (C=O) groups excluding carboxylic acids is 1. The Morgan fingerprint density at radius 1 is 1.18 bits per heavy atom. The van der Waals surface area contributed by atoms with Crippen molar-refractivity contribution in [1.82, 2.24) is 9.88 Å². The predicted octanol–water partition coefficient (Wildman–Crippen LogP) is 4.20. The summed E-state index contributed by atoms with van der Waals surface area (Å²) in [4.78, 5) is 17.8. The highest BCUT2D eigenvalue weighted by molar-refractivity contribution is 6.30. The Kier molecular flexibility index (Phi) is 5.43. The van der Waals surface area contributed by atoms with Crippen molar-refractivity contribution >= 4 is 17.5 Å².